The monoisotopic (exact) mass is 145 g/mol. The molecule has 1 aliphatic heterocycles. The summed E-state index contributed by atoms with van der Waals surface area (Å²) < 4.78 is 4.91. The summed E-state index contributed by atoms with van der Waals surface area (Å²) in [7, 11) is 0. The van der Waals surface area contributed by atoms with Crippen LogP contribution in [0.5, 0.6) is 0 Å². The minimum atomic E-state index is -0.538. The van der Waals surface area contributed by atoms with Gasteiger partial charge in [-0.05, 0) is 0 Å². The van der Waals surface area contributed by atoms with E-state index in [2.05, 4.69) is 5.32 Å². The van der Waals surface area contributed by atoms with Crippen molar-refractivity contribution in [3.05, 3.63) is 0 Å². The van der Waals surface area contributed by atoms with E-state index in [9.17, 15) is 4.79 Å². The lowest BCUT2D eigenvalue weighted by molar-refractivity contribution is -0.120. The molecule has 4 nitrogen and oxygen atoms in total. The van der Waals surface area contributed by atoms with Gasteiger partial charge in [0.1, 0.15) is 0 Å². The van der Waals surface area contributed by atoms with E-state index >= 15 is 0 Å². The molecular weight excluding hydrogens is 134 g/mol. The second kappa shape index (κ2) is 2.98. The number of nitrogens with one attached hydrogen (secondary N) is 1. The molecule has 0 saturated carbocycles. The summed E-state index contributed by atoms with van der Waals surface area (Å²) in [4.78, 5) is 10.5. The van der Waals surface area contributed by atoms with Crippen molar-refractivity contribution >= 4 is 5.91 Å². The lowest BCUT2D eigenvalue weighted by Gasteiger charge is -2.11. The molecule has 2 unspecified atom stereocenters. The standard InChI is InChI=1S/C6H11NO3/c1-4(8)7-5-2-10-3-6(5)9/h5-6,9H,2-3H2,1H3,(H,7,8). The number of carbonyl (C=O) groups is 1. The smallest absolute Gasteiger partial charge is 0.217 e. The topological polar surface area (TPSA) is 58.6 Å². The highest BCUT2D eigenvalue weighted by Gasteiger charge is 2.26. The van der Waals surface area contributed by atoms with Crippen LogP contribution in [-0.4, -0.2) is 36.4 Å². The summed E-state index contributed by atoms with van der Waals surface area (Å²) in [5.74, 6) is -0.130. The Kier molecular flexibility index (Phi) is 2.24. The lowest BCUT2D eigenvalue weighted by Crippen LogP contribution is -2.41. The van der Waals surface area contributed by atoms with Gasteiger partial charge in [-0.1, -0.05) is 0 Å². The van der Waals surface area contributed by atoms with Gasteiger partial charge in [0.15, 0.2) is 0 Å². The molecule has 0 aliphatic carbocycles. The Morgan fingerprint density at radius 3 is 2.80 bits per heavy atom. The Morgan fingerprint density at radius 1 is 1.70 bits per heavy atom. The Hall–Kier alpha value is -0.610. The molecule has 2 N–H and O–H groups in total. The fraction of sp³-hybridized carbons (Fsp3) is 0.833. The number of carbonyl (C=O) groups excluding carboxylic acids is 1. The van der Waals surface area contributed by atoms with Crippen molar-refractivity contribution in [1.82, 2.24) is 5.32 Å². The van der Waals surface area contributed by atoms with Crippen LogP contribution < -0.4 is 5.32 Å². The number of ether oxygens (including phenoxy) is 1. The minimum Gasteiger partial charge on any atom is -0.388 e. The summed E-state index contributed by atoms with van der Waals surface area (Å²) >= 11 is 0. The first-order chi connectivity index (χ1) is 4.70. The fourth-order valence-electron chi connectivity index (χ4n) is 0.942. The van der Waals surface area contributed by atoms with E-state index in [1.807, 2.05) is 0 Å². The molecule has 1 fully saturated rings. The zero-order valence-electron chi connectivity index (χ0n) is 5.83. The van der Waals surface area contributed by atoms with Crippen molar-refractivity contribution in [2.24, 2.45) is 0 Å². The van der Waals surface area contributed by atoms with Crippen molar-refractivity contribution in [2.45, 2.75) is 19.1 Å². The van der Waals surface area contributed by atoms with Gasteiger partial charge in [-0.15, -0.1) is 0 Å². The van der Waals surface area contributed by atoms with E-state index < -0.39 is 6.10 Å². The SMILES string of the molecule is CC(=O)NC1COCC1O. The van der Waals surface area contributed by atoms with E-state index in [1.54, 1.807) is 0 Å². The third kappa shape index (κ3) is 1.68. The van der Waals surface area contributed by atoms with Crippen LogP contribution in [0.4, 0.5) is 0 Å². The normalized spacial score (nSPS) is 32.2. The molecule has 1 rings (SSSR count). The molecule has 1 saturated heterocycles. The van der Waals surface area contributed by atoms with Gasteiger partial charge < -0.3 is 15.2 Å². The molecule has 1 heterocycles. The summed E-state index contributed by atoms with van der Waals surface area (Å²) in [5.41, 5.74) is 0. The molecule has 0 radical (unpaired) electrons. The van der Waals surface area contributed by atoms with E-state index in [0.29, 0.717) is 13.2 Å². The Labute approximate surface area is 59.2 Å². The van der Waals surface area contributed by atoms with Crippen LogP contribution in [0, 0.1) is 0 Å². The fourth-order valence-corrected chi connectivity index (χ4v) is 0.942. The second-order valence-corrected chi connectivity index (χ2v) is 2.41. The highest BCUT2D eigenvalue weighted by Crippen LogP contribution is 2.03. The maximum atomic E-state index is 10.5. The number of rotatable bonds is 1. The molecular formula is C6H11NO3. The van der Waals surface area contributed by atoms with Gasteiger partial charge in [0.25, 0.3) is 0 Å². The molecule has 0 spiro atoms. The maximum Gasteiger partial charge on any atom is 0.217 e. The number of hydrogen-bond donors (Lipinski definition) is 2. The predicted molar refractivity (Wildman–Crippen MR) is 34.4 cm³/mol. The van der Waals surface area contributed by atoms with Gasteiger partial charge in [-0.2, -0.15) is 0 Å². The summed E-state index contributed by atoms with van der Waals surface area (Å²) in [6.45, 7) is 2.16. The quantitative estimate of drug-likeness (QED) is 0.491. The van der Waals surface area contributed by atoms with Gasteiger partial charge in [-0.3, -0.25) is 4.79 Å². The summed E-state index contributed by atoms with van der Waals surface area (Å²) in [6, 6.07) is -0.211. The third-order valence-corrected chi connectivity index (χ3v) is 1.44. The number of aliphatic hydroxyl groups excluding tert-OH is 1. The van der Waals surface area contributed by atoms with Gasteiger partial charge in [0, 0.05) is 6.92 Å². The van der Waals surface area contributed by atoms with Crippen LogP contribution >= 0.6 is 0 Å². The van der Waals surface area contributed by atoms with Crippen molar-refractivity contribution in [1.29, 1.82) is 0 Å². The molecule has 2 atom stereocenters. The molecule has 0 aromatic carbocycles. The third-order valence-electron chi connectivity index (χ3n) is 1.44. The highest BCUT2D eigenvalue weighted by atomic mass is 16.5. The Bertz CT molecular complexity index is 137. The maximum absolute atomic E-state index is 10.5. The van der Waals surface area contributed by atoms with Gasteiger partial charge in [0.05, 0.1) is 25.4 Å². The highest BCUT2D eigenvalue weighted by molar-refractivity contribution is 5.73. The number of aliphatic hydroxyl groups is 1. The largest absolute Gasteiger partial charge is 0.388 e. The van der Waals surface area contributed by atoms with E-state index in [4.69, 9.17) is 9.84 Å². The van der Waals surface area contributed by atoms with Crippen molar-refractivity contribution in [3.8, 4) is 0 Å². The second-order valence-electron chi connectivity index (χ2n) is 2.41. The molecule has 4 heteroatoms. The molecule has 1 aliphatic rings. The molecule has 1 amide bonds. The average molecular weight is 145 g/mol. The van der Waals surface area contributed by atoms with Crippen molar-refractivity contribution in [2.75, 3.05) is 13.2 Å². The van der Waals surface area contributed by atoms with Crippen LogP contribution in [0.1, 0.15) is 6.92 Å². The first-order valence-corrected chi connectivity index (χ1v) is 3.23. The number of hydrogen-bond acceptors (Lipinski definition) is 3. The molecule has 0 aromatic heterocycles. The Balaban J connectivity index is 2.33. The van der Waals surface area contributed by atoms with Gasteiger partial charge in [-0.25, -0.2) is 0 Å². The zero-order chi connectivity index (χ0) is 7.56. The van der Waals surface area contributed by atoms with Gasteiger partial charge >= 0.3 is 0 Å². The molecule has 10 heavy (non-hydrogen) atoms. The number of amides is 1. The lowest BCUT2D eigenvalue weighted by atomic mass is 10.2. The van der Waals surface area contributed by atoms with Crippen LogP contribution in [0.25, 0.3) is 0 Å². The molecule has 0 bridgehead atoms. The van der Waals surface area contributed by atoms with Crippen LogP contribution in [0.3, 0.4) is 0 Å². The minimum absolute atomic E-state index is 0.130. The molecule has 0 aromatic rings. The predicted octanol–water partition coefficient (Wildman–Crippen LogP) is -1.12. The summed E-state index contributed by atoms with van der Waals surface area (Å²) in [5, 5.41) is 11.7. The first kappa shape index (κ1) is 7.50. The molecule has 58 valence electrons. The zero-order valence-corrected chi connectivity index (χ0v) is 5.83. The first-order valence-electron chi connectivity index (χ1n) is 3.23. The van der Waals surface area contributed by atoms with E-state index in [0.717, 1.165) is 0 Å². The van der Waals surface area contributed by atoms with E-state index in [-0.39, 0.29) is 11.9 Å². The van der Waals surface area contributed by atoms with Crippen LogP contribution in [-0.2, 0) is 9.53 Å². The van der Waals surface area contributed by atoms with Crippen LogP contribution in [0.15, 0.2) is 0 Å². The Morgan fingerprint density at radius 2 is 2.40 bits per heavy atom. The van der Waals surface area contributed by atoms with E-state index in [1.165, 1.54) is 6.92 Å². The average Bonchev–Trinajstić information content (AvgIpc) is 2.15. The summed E-state index contributed by atoms with van der Waals surface area (Å²) in [6.07, 6.45) is -0.538. The van der Waals surface area contributed by atoms with Crippen molar-refractivity contribution in [3.63, 3.8) is 0 Å². The van der Waals surface area contributed by atoms with Gasteiger partial charge in [0.2, 0.25) is 5.91 Å². The van der Waals surface area contributed by atoms with Crippen molar-refractivity contribution < 1.29 is 14.6 Å². The van der Waals surface area contributed by atoms with Crippen LogP contribution in [0.2, 0.25) is 0 Å².